The maximum absolute atomic E-state index is 13.2. The van der Waals surface area contributed by atoms with Gasteiger partial charge in [-0.3, -0.25) is 0 Å². The molecule has 0 saturated carbocycles. The van der Waals surface area contributed by atoms with Crippen molar-refractivity contribution >= 4 is 11.6 Å². The summed E-state index contributed by atoms with van der Waals surface area (Å²) in [7, 11) is 0. The van der Waals surface area contributed by atoms with Crippen LogP contribution in [0, 0.1) is 5.82 Å². The molecule has 84 valence electrons. The Bertz CT molecular complexity index is 317. The predicted octanol–water partition coefficient (Wildman–Crippen LogP) is 2.42. The van der Waals surface area contributed by atoms with E-state index < -0.39 is 6.10 Å². The number of ether oxygens (including phenoxy) is 1. The topological polar surface area (TPSA) is 29.5 Å². The van der Waals surface area contributed by atoms with Gasteiger partial charge < -0.3 is 9.84 Å². The standard InChI is InChI=1S/C11H14ClFO2/c1-2-15-7-10(14)6-8-5-9(12)3-4-11(8)13/h3-5,10,14H,2,6-7H2,1H3. The monoisotopic (exact) mass is 232 g/mol. The molecule has 1 unspecified atom stereocenters. The quantitative estimate of drug-likeness (QED) is 0.845. The first-order valence-electron chi connectivity index (χ1n) is 4.83. The van der Waals surface area contributed by atoms with Gasteiger partial charge in [0, 0.05) is 18.1 Å². The molecule has 0 radical (unpaired) electrons. The van der Waals surface area contributed by atoms with Crippen molar-refractivity contribution in [1.82, 2.24) is 0 Å². The Hall–Kier alpha value is -0.640. The molecule has 0 bridgehead atoms. The zero-order chi connectivity index (χ0) is 11.3. The van der Waals surface area contributed by atoms with Crippen molar-refractivity contribution in [2.75, 3.05) is 13.2 Å². The lowest BCUT2D eigenvalue weighted by Gasteiger charge is -2.11. The molecule has 1 aromatic rings. The van der Waals surface area contributed by atoms with E-state index in [1.54, 1.807) is 0 Å². The molecule has 0 fully saturated rings. The molecule has 1 aromatic carbocycles. The highest BCUT2D eigenvalue weighted by atomic mass is 35.5. The molecule has 0 aromatic heterocycles. The summed E-state index contributed by atoms with van der Waals surface area (Å²) in [4.78, 5) is 0. The van der Waals surface area contributed by atoms with Crippen molar-refractivity contribution in [3.8, 4) is 0 Å². The van der Waals surface area contributed by atoms with Crippen molar-refractivity contribution in [3.05, 3.63) is 34.6 Å². The Morgan fingerprint density at radius 1 is 1.53 bits per heavy atom. The van der Waals surface area contributed by atoms with Crippen LogP contribution < -0.4 is 0 Å². The summed E-state index contributed by atoms with van der Waals surface area (Å²) in [5.41, 5.74) is 0.412. The minimum Gasteiger partial charge on any atom is -0.390 e. The van der Waals surface area contributed by atoms with Crippen LogP contribution in [0.2, 0.25) is 5.02 Å². The number of benzene rings is 1. The van der Waals surface area contributed by atoms with Gasteiger partial charge in [-0.1, -0.05) is 11.6 Å². The van der Waals surface area contributed by atoms with E-state index in [9.17, 15) is 9.50 Å². The van der Waals surface area contributed by atoms with Crippen LogP contribution in [0.25, 0.3) is 0 Å². The summed E-state index contributed by atoms with van der Waals surface area (Å²) < 4.78 is 18.3. The Kier molecular flexibility index (Phi) is 5.02. The van der Waals surface area contributed by atoms with Crippen molar-refractivity contribution in [3.63, 3.8) is 0 Å². The average molecular weight is 233 g/mol. The van der Waals surface area contributed by atoms with E-state index in [-0.39, 0.29) is 18.8 Å². The lowest BCUT2D eigenvalue weighted by molar-refractivity contribution is 0.0426. The van der Waals surface area contributed by atoms with E-state index >= 15 is 0 Å². The smallest absolute Gasteiger partial charge is 0.126 e. The van der Waals surface area contributed by atoms with Gasteiger partial charge in [0.05, 0.1) is 12.7 Å². The second kappa shape index (κ2) is 6.05. The Balaban J connectivity index is 2.59. The maximum atomic E-state index is 13.2. The van der Waals surface area contributed by atoms with Gasteiger partial charge in [0.2, 0.25) is 0 Å². The van der Waals surface area contributed by atoms with Gasteiger partial charge in [-0.05, 0) is 30.7 Å². The third-order valence-electron chi connectivity index (χ3n) is 1.98. The van der Waals surface area contributed by atoms with E-state index in [0.717, 1.165) is 0 Å². The van der Waals surface area contributed by atoms with Gasteiger partial charge in [-0.15, -0.1) is 0 Å². The number of halogens is 2. The maximum Gasteiger partial charge on any atom is 0.126 e. The fourth-order valence-electron chi connectivity index (χ4n) is 1.27. The van der Waals surface area contributed by atoms with E-state index in [1.165, 1.54) is 18.2 Å². The van der Waals surface area contributed by atoms with Crippen molar-refractivity contribution in [2.45, 2.75) is 19.4 Å². The second-order valence-electron chi connectivity index (χ2n) is 3.25. The number of aliphatic hydroxyl groups excluding tert-OH is 1. The number of hydrogen-bond acceptors (Lipinski definition) is 2. The lowest BCUT2D eigenvalue weighted by atomic mass is 10.1. The molecule has 0 amide bonds. The Morgan fingerprint density at radius 2 is 2.27 bits per heavy atom. The minimum atomic E-state index is -0.696. The zero-order valence-electron chi connectivity index (χ0n) is 8.54. The van der Waals surface area contributed by atoms with Gasteiger partial charge in [0.15, 0.2) is 0 Å². The molecule has 0 aliphatic rings. The third kappa shape index (κ3) is 4.16. The summed E-state index contributed by atoms with van der Waals surface area (Å²) in [6.45, 7) is 2.59. The second-order valence-corrected chi connectivity index (χ2v) is 3.69. The number of rotatable bonds is 5. The Labute approximate surface area is 93.6 Å². The van der Waals surface area contributed by atoms with Crippen LogP contribution in [0.15, 0.2) is 18.2 Å². The van der Waals surface area contributed by atoms with Crippen molar-refractivity contribution in [1.29, 1.82) is 0 Å². The molecule has 1 rings (SSSR count). The fraction of sp³-hybridized carbons (Fsp3) is 0.455. The van der Waals surface area contributed by atoms with E-state index in [4.69, 9.17) is 16.3 Å². The van der Waals surface area contributed by atoms with Gasteiger partial charge >= 0.3 is 0 Å². The van der Waals surface area contributed by atoms with Crippen LogP contribution in [0.1, 0.15) is 12.5 Å². The highest BCUT2D eigenvalue weighted by Gasteiger charge is 2.09. The first kappa shape index (κ1) is 12.4. The van der Waals surface area contributed by atoms with Gasteiger partial charge in [0.1, 0.15) is 5.82 Å². The lowest BCUT2D eigenvalue weighted by Crippen LogP contribution is -2.18. The molecular weight excluding hydrogens is 219 g/mol. The van der Waals surface area contributed by atoms with Crippen molar-refractivity contribution in [2.24, 2.45) is 0 Å². The molecule has 4 heteroatoms. The molecule has 2 nitrogen and oxygen atoms in total. The highest BCUT2D eigenvalue weighted by Crippen LogP contribution is 2.16. The van der Waals surface area contributed by atoms with Crippen LogP contribution in [0.3, 0.4) is 0 Å². The average Bonchev–Trinajstić information content (AvgIpc) is 2.20. The normalized spacial score (nSPS) is 12.8. The predicted molar refractivity (Wildman–Crippen MR) is 57.6 cm³/mol. The van der Waals surface area contributed by atoms with Crippen LogP contribution >= 0.6 is 11.6 Å². The molecule has 0 aliphatic carbocycles. The molecule has 15 heavy (non-hydrogen) atoms. The summed E-state index contributed by atoms with van der Waals surface area (Å²) in [6, 6.07) is 4.30. The van der Waals surface area contributed by atoms with Gasteiger partial charge in [0.25, 0.3) is 0 Å². The molecule has 0 aliphatic heterocycles. The number of hydrogen-bond donors (Lipinski definition) is 1. The summed E-state index contributed by atoms with van der Waals surface area (Å²) >= 11 is 5.73. The van der Waals surface area contributed by atoms with Crippen LogP contribution in [-0.4, -0.2) is 24.4 Å². The third-order valence-corrected chi connectivity index (χ3v) is 2.21. The first-order chi connectivity index (χ1) is 7.13. The van der Waals surface area contributed by atoms with Crippen LogP contribution in [0.4, 0.5) is 4.39 Å². The van der Waals surface area contributed by atoms with E-state index in [0.29, 0.717) is 17.2 Å². The summed E-state index contributed by atoms with van der Waals surface area (Å²) in [6.07, 6.45) is -0.482. The molecule has 0 spiro atoms. The van der Waals surface area contributed by atoms with Crippen LogP contribution in [-0.2, 0) is 11.2 Å². The van der Waals surface area contributed by atoms with Crippen LogP contribution in [0.5, 0.6) is 0 Å². The first-order valence-corrected chi connectivity index (χ1v) is 5.21. The van der Waals surface area contributed by atoms with Gasteiger partial charge in [-0.2, -0.15) is 0 Å². The Morgan fingerprint density at radius 3 is 2.93 bits per heavy atom. The summed E-state index contributed by atoms with van der Waals surface area (Å²) in [5, 5.41) is 9.98. The highest BCUT2D eigenvalue weighted by molar-refractivity contribution is 6.30. The summed E-state index contributed by atoms with van der Waals surface area (Å²) in [5.74, 6) is -0.352. The zero-order valence-corrected chi connectivity index (χ0v) is 9.30. The molecule has 1 N–H and O–H groups in total. The molecular formula is C11H14ClFO2. The SMILES string of the molecule is CCOCC(O)Cc1cc(Cl)ccc1F. The largest absolute Gasteiger partial charge is 0.390 e. The fourth-order valence-corrected chi connectivity index (χ4v) is 1.46. The molecule has 0 saturated heterocycles. The number of aliphatic hydroxyl groups is 1. The van der Waals surface area contributed by atoms with E-state index in [1.807, 2.05) is 6.92 Å². The molecule has 0 heterocycles. The van der Waals surface area contributed by atoms with Gasteiger partial charge in [-0.25, -0.2) is 4.39 Å². The van der Waals surface area contributed by atoms with E-state index in [2.05, 4.69) is 0 Å². The molecule has 1 atom stereocenters. The minimum absolute atomic E-state index is 0.211. The van der Waals surface area contributed by atoms with Crippen molar-refractivity contribution < 1.29 is 14.2 Å².